The predicted molar refractivity (Wildman–Crippen MR) is 124 cm³/mol. The molecule has 0 bridgehead atoms. The van der Waals surface area contributed by atoms with Crippen LogP contribution in [0.25, 0.3) is 22.0 Å². The summed E-state index contributed by atoms with van der Waals surface area (Å²) in [7, 11) is -3.97. The number of hydrogen-bond acceptors (Lipinski definition) is 5. The Labute approximate surface area is 216 Å². The molecule has 0 atom stereocenters. The molecule has 0 radical (unpaired) electrons. The van der Waals surface area contributed by atoms with Gasteiger partial charge in [-0.25, -0.2) is 13.2 Å². The Morgan fingerprint density at radius 2 is 1.38 bits per heavy atom. The van der Waals surface area contributed by atoms with Crippen molar-refractivity contribution in [2.75, 3.05) is 7.11 Å². The second kappa shape index (κ2) is 11.0. The van der Waals surface area contributed by atoms with Crippen molar-refractivity contribution in [3.8, 4) is 22.8 Å². The molecule has 0 unspecified atom stereocenters. The first kappa shape index (κ1) is 29.6. The molecule has 0 N–H and O–H groups in total. The minimum Gasteiger partial charge on any atom is -0.496 e. The molecule has 0 aliphatic rings. The maximum absolute atomic E-state index is 13.9. The van der Waals surface area contributed by atoms with E-state index in [1.807, 2.05) is 13.8 Å². The second-order valence-electron chi connectivity index (χ2n) is 7.39. The van der Waals surface area contributed by atoms with Crippen LogP contribution in [0.2, 0.25) is 0 Å². The molecular formula is C25H17F8NO4S. The summed E-state index contributed by atoms with van der Waals surface area (Å²) < 4.78 is 142. The zero-order valence-corrected chi connectivity index (χ0v) is 20.9. The van der Waals surface area contributed by atoms with E-state index in [0.29, 0.717) is 0 Å². The van der Waals surface area contributed by atoms with E-state index in [-0.39, 0.29) is 27.8 Å². The van der Waals surface area contributed by atoms with Gasteiger partial charge in [0.2, 0.25) is 34.8 Å². The normalized spacial score (nSPS) is 11.7. The lowest BCUT2D eigenvalue weighted by atomic mass is 10.0. The van der Waals surface area contributed by atoms with E-state index in [4.69, 9.17) is 4.74 Å². The highest BCUT2D eigenvalue weighted by atomic mass is 32.2. The first-order valence-corrected chi connectivity index (χ1v) is 12.3. The molecule has 39 heavy (non-hydrogen) atoms. The van der Waals surface area contributed by atoms with Crippen molar-refractivity contribution in [3.63, 3.8) is 0 Å². The monoisotopic (exact) mass is 579 g/mol. The van der Waals surface area contributed by atoms with Gasteiger partial charge in [0.15, 0.2) is 0 Å². The highest BCUT2D eigenvalue weighted by molar-refractivity contribution is 7.87. The number of aromatic nitrogens is 1. The fourth-order valence-electron chi connectivity index (χ4n) is 3.41. The van der Waals surface area contributed by atoms with Gasteiger partial charge in [0.25, 0.3) is 0 Å². The van der Waals surface area contributed by atoms with Crippen LogP contribution >= 0.6 is 0 Å². The highest BCUT2D eigenvalue weighted by Crippen LogP contribution is 2.39. The molecule has 14 heteroatoms. The summed E-state index contributed by atoms with van der Waals surface area (Å²) in [6, 6.07) is 7.00. The van der Waals surface area contributed by atoms with E-state index >= 15 is 0 Å². The van der Waals surface area contributed by atoms with Crippen molar-refractivity contribution in [2.45, 2.75) is 24.9 Å². The molecule has 0 saturated carbocycles. The zero-order valence-electron chi connectivity index (χ0n) is 20.1. The van der Waals surface area contributed by atoms with E-state index < -0.39 is 61.6 Å². The van der Waals surface area contributed by atoms with Crippen molar-refractivity contribution in [1.29, 1.82) is 0 Å². The van der Waals surface area contributed by atoms with Crippen LogP contribution in [-0.2, 0) is 16.3 Å². The first-order chi connectivity index (χ1) is 18.3. The van der Waals surface area contributed by atoms with Crippen LogP contribution in [0.5, 0.6) is 11.5 Å². The number of benzene rings is 3. The van der Waals surface area contributed by atoms with E-state index in [1.165, 1.54) is 18.3 Å². The maximum Gasteiger partial charge on any atom is 0.416 e. The zero-order chi connectivity index (χ0) is 29.3. The Hall–Kier alpha value is -3.94. The quantitative estimate of drug-likeness (QED) is 0.107. The third-order valence-electron chi connectivity index (χ3n) is 5.17. The first-order valence-electron chi connectivity index (χ1n) is 10.9. The lowest BCUT2D eigenvalue weighted by Gasteiger charge is -2.14. The van der Waals surface area contributed by atoms with Crippen molar-refractivity contribution < 1.29 is 52.5 Å². The van der Waals surface area contributed by atoms with E-state index in [0.717, 1.165) is 37.4 Å². The van der Waals surface area contributed by atoms with Gasteiger partial charge >= 0.3 is 16.3 Å². The SMILES string of the molecule is CC.COc1cc(C(F)(F)F)ccc1-c1nccc2cc(S(=O)(=O)Oc3c(F)c(F)c(F)c(F)c3F)ccc12. The number of fused-ring (bicyclic) bond motifs is 1. The molecule has 208 valence electrons. The Morgan fingerprint density at radius 1 is 0.795 bits per heavy atom. The number of halogens is 8. The minimum atomic E-state index is -5.11. The molecule has 0 fully saturated rings. The van der Waals surface area contributed by atoms with Gasteiger partial charge in [-0.15, -0.1) is 0 Å². The number of nitrogens with zero attached hydrogens (tertiary/aromatic N) is 1. The topological polar surface area (TPSA) is 65.5 Å². The van der Waals surface area contributed by atoms with Crippen LogP contribution in [0.4, 0.5) is 35.1 Å². The molecule has 0 amide bonds. The number of pyridine rings is 1. The summed E-state index contributed by atoms with van der Waals surface area (Å²) in [4.78, 5) is 3.41. The lowest BCUT2D eigenvalue weighted by molar-refractivity contribution is -0.137. The van der Waals surface area contributed by atoms with Crippen LogP contribution in [-0.4, -0.2) is 20.5 Å². The van der Waals surface area contributed by atoms with Crippen molar-refractivity contribution >= 4 is 20.9 Å². The standard InChI is InChI=1S/C23H11F8NO4S.C2H6/c1-35-15-9-11(23(29,30)31)2-4-14(15)21-13-5-3-12(8-10(13)6-7-32-21)37(33,34)36-22-19(27)17(25)16(24)18(26)20(22)28;1-2/h2-9H,1H3;1-2H3. The van der Waals surface area contributed by atoms with Gasteiger partial charge in [-0.3, -0.25) is 4.98 Å². The molecule has 4 aromatic rings. The molecule has 0 aliphatic carbocycles. The van der Waals surface area contributed by atoms with Gasteiger partial charge in [-0.1, -0.05) is 19.9 Å². The second-order valence-corrected chi connectivity index (χ2v) is 8.94. The maximum atomic E-state index is 13.9. The van der Waals surface area contributed by atoms with Gasteiger partial charge in [0.1, 0.15) is 10.6 Å². The molecule has 1 heterocycles. The predicted octanol–water partition coefficient (Wildman–Crippen LogP) is 7.42. The number of alkyl halides is 3. The Kier molecular flexibility index (Phi) is 8.39. The number of ether oxygens (including phenoxy) is 1. The highest BCUT2D eigenvalue weighted by Gasteiger charge is 2.32. The Balaban J connectivity index is 0.00000205. The van der Waals surface area contributed by atoms with Gasteiger partial charge in [0.05, 0.1) is 18.4 Å². The van der Waals surface area contributed by atoms with Crippen LogP contribution in [0.3, 0.4) is 0 Å². The fourth-order valence-corrected chi connectivity index (χ4v) is 4.37. The van der Waals surface area contributed by atoms with Crippen LogP contribution in [0.15, 0.2) is 53.6 Å². The molecule has 0 aliphatic heterocycles. The van der Waals surface area contributed by atoms with E-state index in [1.54, 1.807) is 0 Å². The van der Waals surface area contributed by atoms with E-state index in [2.05, 4.69) is 9.17 Å². The Bertz CT molecular complexity index is 1630. The summed E-state index contributed by atoms with van der Waals surface area (Å²) in [5.74, 6) is -14.5. The summed E-state index contributed by atoms with van der Waals surface area (Å²) in [5.41, 5.74) is -0.742. The largest absolute Gasteiger partial charge is 0.496 e. The van der Waals surface area contributed by atoms with Crippen LogP contribution < -0.4 is 8.92 Å². The van der Waals surface area contributed by atoms with Gasteiger partial charge in [-0.05, 0) is 41.8 Å². The summed E-state index contributed by atoms with van der Waals surface area (Å²) in [5, 5.41) is 0.366. The number of methoxy groups -OCH3 is 1. The average molecular weight is 579 g/mol. The lowest BCUT2D eigenvalue weighted by Crippen LogP contribution is -2.14. The molecule has 3 aromatic carbocycles. The van der Waals surface area contributed by atoms with Crippen LogP contribution in [0.1, 0.15) is 19.4 Å². The van der Waals surface area contributed by atoms with Gasteiger partial charge in [0, 0.05) is 17.1 Å². The summed E-state index contributed by atoms with van der Waals surface area (Å²) in [6.07, 6.45) is -3.44. The molecule has 5 nitrogen and oxygen atoms in total. The molecule has 0 saturated heterocycles. The van der Waals surface area contributed by atoms with Gasteiger partial charge < -0.3 is 8.92 Å². The fraction of sp³-hybridized carbons (Fsp3) is 0.160. The summed E-state index contributed by atoms with van der Waals surface area (Å²) in [6.45, 7) is 4.00. The van der Waals surface area contributed by atoms with Gasteiger partial charge in [-0.2, -0.15) is 30.4 Å². The minimum absolute atomic E-state index is 0.104. The number of rotatable bonds is 5. The third kappa shape index (κ3) is 5.60. The summed E-state index contributed by atoms with van der Waals surface area (Å²) >= 11 is 0. The third-order valence-corrected chi connectivity index (χ3v) is 6.39. The molecule has 1 aromatic heterocycles. The average Bonchev–Trinajstić information content (AvgIpc) is 2.92. The van der Waals surface area contributed by atoms with Crippen molar-refractivity contribution in [3.05, 3.63) is 83.3 Å². The van der Waals surface area contributed by atoms with Crippen molar-refractivity contribution in [2.24, 2.45) is 0 Å². The number of hydrogen-bond donors (Lipinski definition) is 0. The molecule has 4 rings (SSSR count). The van der Waals surface area contributed by atoms with E-state index in [9.17, 15) is 43.5 Å². The Morgan fingerprint density at radius 3 is 1.95 bits per heavy atom. The smallest absolute Gasteiger partial charge is 0.416 e. The molecular weight excluding hydrogens is 562 g/mol. The molecule has 0 spiro atoms. The van der Waals surface area contributed by atoms with Crippen LogP contribution in [0, 0.1) is 29.1 Å². The van der Waals surface area contributed by atoms with Crippen molar-refractivity contribution in [1.82, 2.24) is 4.98 Å².